The number of carboxylic acids is 1. The first-order valence-electron chi connectivity index (χ1n) is 5.00. The average molecular weight is 216 g/mol. The van der Waals surface area contributed by atoms with Gasteiger partial charge in [-0.25, -0.2) is 0 Å². The van der Waals surface area contributed by atoms with Crippen molar-refractivity contribution in [3.63, 3.8) is 0 Å². The Bertz CT molecular complexity index is 229. The summed E-state index contributed by atoms with van der Waals surface area (Å²) in [6.45, 7) is 4.54. The summed E-state index contributed by atoms with van der Waals surface area (Å²) in [6, 6.07) is 0.172. The highest BCUT2D eigenvalue weighted by Crippen LogP contribution is 1.96. The molecule has 0 saturated heterocycles. The van der Waals surface area contributed by atoms with Crippen molar-refractivity contribution in [2.24, 2.45) is 0 Å². The second kappa shape index (κ2) is 6.40. The van der Waals surface area contributed by atoms with E-state index in [1.807, 2.05) is 13.8 Å². The quantitative estimate of drug-likeness (QED) is 0.692. The monoisotopic (exact) mass is 216 g/mol. The molecular weight excluding hydrogens is 196 g/mol. The fourth-order valence-corrected chi connectivity index (χ4v) is 0.996. The molecule has 0 aromatic heterocycles. The molecule has 5 heteroatoms. The SMILES string of the molecule is CC(C)N(C)C(=O)CN(C)CCC(=O)O. The molecule has 0 radical (unpaired) electrons. The summed E-state index contributed by atoms with van der Waals surface area (Å²) in [5.41, 5.74) is 0. The highest BCUT2D eigenvalue weighted by molar-refractivity contribution is 5.78. The predicted octanol–water partition coefficient (Wildman–Crippen LogP) is 0.260. The number of carbonyl (C=O) groups is 2. The van der Waals surface area contributed by atoms with Crippen molar-refractivity contribution < 1.29 is 14.7 Å². The maximum Gasteiger partial charge on any atom is 0.304 e. The van der Waals surface area contributed by atoms with Gasteiger partial charge >= 0.3 is 5.97 Å². The van der Waals surface area contributed by atoms with Crippen LogP contribution in [0.25, 0.3) is 0 Å². The zero-order chi connectivity index (χ0) is 12.0. The fourth-order valence-electron chi connectivity index (χ4n) is 0.996. The average Bonchev–Trinajstić information content (AvgIpc) is 2.13. The van der Waals surface area contributed by atoms with Crippen molar-refractivity contribution >= 4 is 11.9 Å². The molecule has 0 unspecified atom stereocenters. The van der Waals surface area contributed by atoms with Crippen LogP contribution in [0.1, 0.15) is 20.3 Å². The van der Waals surface area contributed by atoms with Crippen LogP contribution in [0.15, 0.2) is 0 Å². The van der Waals surface area contributed by atoms with E-state index in [4.69, 9.17) is 5.11 Å². The number of carboxylic acid groups (broad SMARTS) is 1. The number of hydrogen-bond acceptors (Lipinski definition) is 3. The lowest BCUT2D eigenvalue weighted by Crippen LogP contribution is -2.40. The Morgan fingerprint density at radius 3 is 2.20 bits per heavy atom. The molecule has 0 saturated carbocycles. The first-order chi connectivity index (χ1) is 6.84. The van der Waals surface area contributed by atoms with Crippen molar-refractivity contribution in [3.05, 3.63) is 0 Å². The van der Waals surface area contributed by atoms with E-state index in [1.54, 1.807) is 23.9 Å². The molecule has 15 heavy (non-hydrogen) atoms. The molecule has 1 N–H and O–H groups in total. The Morgan fingerprint density at radius 2 is 1.80 bits per heavy atom. The van der Waals surface area contributed by atoms with Crippen LogP contribution in [0.5, 0.6) is 0 Å². The van der Waals surface area contributed by atoms with Crippen molar-refractivity contribution in [1.29, 1.82) is 0 Å². The summed E-state index contributed by atoms with van der Waals surface area (Å²) in [7, 11) is 3.49. The van der Waals surface area contributed by atoms with Gasteiger partial charge < -0.3 is 10.0 Å². The van der Waals surface area contributed by atoms with Gasteiger partial charge in [0.1, 0.15) is 0 Å². The molecule has 5 nitrogen and oxygen atoms in total. The molecule has 0 aromatic carbocycles. The molecule has 0 aliphatic rings. The number of nitrogens with zero attached hydrogens (tertiary/aromatic N) is 2. The lowest BCUT2D eigenvalue weighted by atomic mass is 10.3. The predicted molar refractivity (Wildman–Crippen MR) is 57.7 cm³/mol. The number of carbonyl (C=O) groups excluding carboxylic acids is 1. The smallest absolute Gasteiger partial charge is 0.304 e. The van der Waals surface area contributed by atoms with Crippen LogP contribution in [-0.4, -0.2) is 60.0 Å². The normalized spacial score (nSPS) is 10.8. The van der Waals surface area contributed by atoms with E-state index in [1.165, 1.54) is 0 Å². The molecule has 0 rings (SSSR count). The van der Waals surface area contributed by atoms with Crippen LogP contribution >= 0.6 is 0 Å². The minimum atomic E-state index is -0.841. The van der Waals surface area contributed by atoms with Gasteiger partial charge in [-0.2, -0.15) is 0 Å². The molecule has 0 spiro atoms. The molecule has 1 amide bonds. The van der Waals surface area contributed by atoms with E-state index in [0.29, 0.717) is 6.54 Å². The second-order valence-corrected chi connectivity index (χ2v) is 3.98. The van der Waals surface area contributed by atoms with Gasteiger partial charge in [0.15, 0.2) is 0 Å². The van der Waals surface area contributed by atoms with E-state index in [2.05, 4.69) is 0 Å². The zero-order valence-corrected chi connectivity index (χ0v) is 9.86. The zero-order valence-electron chi connectivity index (χ0n) is 9.86. The summed E-state index contributed by atoms with van der Waals surface area (Å²) < 4.78 is 0. The highest BCUT2D eigenvalue weighted by Gasteiger charge is 2.14. The van der Waals surface area contributed by atoms with Gasteiger partial charge in [-0.3, -0.25) is 14.5 Å². The van der Waals surface area contributed by atoms with Gasteiger partial charge in [-0.05, 0) is 20.9 Å². The standard InChI is InChI=1S/C10H20N2O3/c1-8(2)12(4)9(13)7-11(3)6-5-10(14)15/h8H,5-7H2,1-4H3,(H,14,15). The molecular formula is C10H20N2O3. The molecule has 0 heterocycles. The van der Waals surface area contributed by atoms with E-state index < -0.39 is 5.97 Å². The third-order valence-electron chi connectivity index (χ3n) is 2.28. The largest absolute Gasteiger partial charge is 0.481 e. The van der Waals surface area contributed by atoms with E-state index in [9.17, 15) is 9.59 Å². The van der Waals surface area contributed by atoms with Crippen LogP contribution in [0, 0.1) is 0 Å². The summed E-state index contributed by atoms with van der Waals surface area (Å²) in [5.74, 6) is -0.829. The van der Waals surface area contributed by atoms with Crippen LogP contribution in [-0.2, 0) is 9.59 Å². The maximum absolute atomic E-state index is 11.6. The van der Waals surface area contributed by atoms with Crippen molar-refractivity contribution in [3.8, 4) is 0 Å². The summed E-state index contributed by atoms with van der Waals surface area (Å²) >= 11 is 0. The lowest BCUT2D eigenvalue weighted by Gasteiger charge is -2.24. The van der Waals surface area contributed by atoms with Crippen molar-refractivity contribution in [2.45, 2.75) is 26.3 Å². The van der Waals surface area contributed by atoms with E-state index >= 15 is 0 Å². The minimum Gasteiger partial charge on any atom is -0.481 e. The molecule has 88 valence electrons. The highest BCUT2D eigenvalue weighted by atomic mass is 16.4. The topological polar surface area (TPSA) is 60.9 Å². The maximum atomic E-state index is 11.6. The van der Waals surface area contributed by atoms with Crippen molar-refractivity contribution in [1.82, 2.24) is 9.80 Å². The van der Waals surface area contributed by atoms with Gasteiger partial charge in [-0.1, -0.05) is 0 Å². The first kappa shape index (κ1) is 13.9. The second-order valence-electron chi connectivity index (χ2n) is 3.98. The van der Waals surface area contributed by atoms with Gasteiger partial charge in [0.25, 0.3) is 0 Å². The Morgan fingerprint density at radius 1 is 1.27 bits per heavy atom. The molecule has 0 fully saturated rings. The van der Waals surface area contributed by atoms with Crippen LogP contribution < -0.4 is 0 Å². The van der Waals surface area contributed by atoms with Crippen LogP contribution in [0.3, 0.4) is 0 Å². The van der Waals surface area contributed by atoms with Gasteiger partial charge in [0, 0.05) is 19.6 Å². The van der Waals surface area contributed by atoms with Gasteiger partial charge in [0.05, 0.1) is 13.0 Å². The number of likely N-dealkylation sites (N-methyl/N-ethyl adjacent to an activating group) is 2. The van der Waals surface area contributed by atoms with E-state index in [0.717, 1.165) is 0 Å². The first-order valence-corrected chi connectivity index (χ1v) is 5.00. The van der Waals surface area contributed by atoms with Crippen LogP contribution in [0.4, 0.5) is 0 Å². The Balaban J connectivity index is 3.90. The minimum absolute atomic E-state index is 0.0119. The Labute approximate surface area is 90.7 Å². The summed E-state index contributed by atoms with van der Waals surface area (Å²) in [6.07, 6.45) is 0.0647. The molecule has 0 bridgehead atoms. The van der Waals surface area contributed by atoms with Gasteiger partial charge in [-0.15, -0.1) is 0 Å². The third kappa shape index (κ3) is 6.06. The molecule has 0 atom stereocenters. The van der Waals surface area contributed by atoms with Crippen LogP contribution in [0.2, 0.25) is 0 Å². The number of rotatable bonds is 6. The number of hydrogen-bond donors (Lipinski definition) is 1. The summed E-state index contributed by atoms with van der Waals surface area (Å²) in [4.78, 5) is 25.3. The number of aliphatic carboxylic acids is 1. The molecule has 0 aliphatic heterocycles. The lowest BCUT2D eigenvalue weighted by molar-refractivity contribution is -0.138. The third-order valence-corrected chi connectivity index (χ3v) is 2.28. The van der Waals surface area contributed by atoms with E-state index in [-0.39, 0.29) is 24.9 Å². The van der Waals surface area contributed by atoms with Gasteiger partial charge in [0.2, 0.25) is 5.91 Å². The molecule has 0 aromatic rings. The number of amides is 1. The molecule has 0 aliphatic carbocycles. The summed E-state index contributed by atoms with van der Waals surface area (Å²) in [5, 5.41) is 8.47. The Kier molecular flexibility index (Phi) is 5.93. The fraction of sp³-hybridized carbons (Fsp3) is 0.800. The Hall–Kier alpha value is -1.10. The van der Waals surface area contributed by atoms with Crippen molar-refractivity contribution in [2.75, 3.05) is 27.2 Å².